The fourth-order valence-electron chi connectivity index (χ4n) is 9.27. The van der Waals surface area contributed by atoms with Gasteiger partial charge in [0, 0.05) is 64.2 Å². The zero-order valence-corrected chi connectivity index (χ0v) is 33.5. The molecule has 7 unspecified atom stereocenters. The van der Waals surface area contributed by atoms with Crippen molar-refractivity contribution in [1.29, 1.82) is 0 Å². The van der Waals surface area contributed by atoms with Gasteiger partial charge >= 0.3 is 6.09 Å². The number of nitrogens with zero attached hydrogens (tertiary/aromatic N) is 3. The third-order valence-electron chi connectivity index (χ3n) is 12.2. The first-order valence-corrected chi connectivity index (χ1v) is 21.1. The predicted molar refractivity (Wildman–Crippen MR) is 216 cm³/mol. The van der Waals surface area contributed by atoms with E-state index in [1.807, 2.05) is 42.5 Å². The normalized spacial score (nSPS) is 28.3. The second-order valence-corrected chi connectivity index (χ2v) is 16.0. The summed E-state index contributed by atoms with van der Waals surface area (Å²) in [6.07, 6.45) is 10.9. The van der Waals surface area contributed by atoms with E-state index in [1.165, 1.54) is 0 Å². The predicted octanol–water partition coefficient (Wildman–Crippen LogP) is 6.81. The zero-order valence-electron chi connectivity index (χ0n) is 33.5. The van der Waals surface area contributed by atoms with Gasteiger partial charge in [0.15, 0.2) is 0 Å². The molecule has 0 spiro atoms. The number of benzene rings is 2. The number of hydrogen-bond donors (Lipinski definition) is 2. The molecule has 310 valence electrons. The van der Waals surface area contributed by atoms with Gasteiger partial charge in [-0.15, -0.1) is 6.58 Å². The van der Waals surface area contributed by atoms with E-state index < -0.39 is 30.1 Å². The van der Waals surface area contributed by atoms with Gasteiger partial charge in [0.1, 0.15) is 30.8 Å². The van der Waals surface area contributed by atoms with Crippen molar-refractivity contribution in [2.24, 2.45) is 22.9 Å². The van der Waals surface area contributed by atoms with Gasteiger partial charge in [0.25, 0.3) is 0 Å². The standard InChI is InChI=1S/C45H61N3O9/c1-3-25-55-45-40(47(2)44(51)54-31-32-13-5-4-6-14-32)30-38(46-57-41-17-9-12-26-53-41)36-28-33(15-7-10-23-49)35(16-8-11-24-50)42(43(36)45)37-29-34(18-19-39(37)56-45)52-27-22-48-20-21-48/h3-6,13-14,18-19,28-29,33,35,40-43,49-50H,1,7-12,15-17,20-27,30-31H2,2H3. The number of allylic oxidation sites excluding steroid dienone is 1. The lowest BCUT2D eigenvalue weighted by molar-refractivity contribution is -0.254. The number of carbonyl (C=O) groups excluding carboxylic acids is 1. The SMILES string of the molecule is C=CCOC12Oc3ccc(OCCN4CC4)cc3C3C(CCCCO)C(CCCCO)C=C(C(=NOC4CCCCO4)CC1N(C)C(=O)OCc1ccccc1)C32. The van der Waals surface area contributed by atoms with Crippen LogP contribution in [0.3, 0.4) is 0 Å². The van der Waals surface area contributed by atoms with E-state index >= 15 is 0 Å². The summed E-state index contributed by atoms with van der Waals surface area (Å²) >= 11 is 0. The molecule has 12 nitrogen and oxygen atoms in total. The van der Waals surface area contributed by atoms with Crippen molar-refractivity contribution in [1.82, 2.24) is 9.80 Å². The Labute approximate surface area is 337 Å². The van der Waals surface area contributed by atoms with Crippen molar-refractivity contribution < 1.29 is 43.5 Å². The van der Waals surface area contributed by atoms with Crippen LogP contribution in [-0.2, 0) is 25.7 Å². The van der Waals surface area contributed by atoms with Gasteiger partial charge in [-0.25, -0.2) is 4.79 Å². The van der Waals surface area contributed by atoms with Crippen LogP contribution in [0.4, 0.5) is 4.79 Å². The molecule has 2 aliphatic carbocycles. The van der Waals surface area contributed by atoms with E-state index in [-0.39, 0.29) is 50.6 Å². The number of ether oxygens (including phenoxy) is 5. The number of likely N-dealkylation sites (N-methyl/N-ethyl adjacent to an activating group) is 1. The Hall–Kier alpha value is -3.94. The molecule has 0 radical (unpaired) electrons. The Morgan fingerprint density at radius 3 is 2.61 bits per heavy atom. The first-order chi connectivity index (χ1) is 28.0. The molecule has 2 aromatic rings. The van der Waals surface area contributed by atoms with E-state index in [2.05, 4.69) is 23.6 Å². The van der Waals surface area contributed by atoms with E-state index in [0.717, 1.165) is 92.7 Å². The quantitative estimate of drug-likeness (QED) is 0.0639. The van der Waals surface area contributed by atoms with Crippen LogP contribution in [-0.4, -0.2) is 110 Å². The van der Waals surface area contributed by atoms with Gasteiger partial charge in [-0.3, -0.25) is 4.90 Å². The summed E-state index contributed by atoms with van der Waals surface area (Å²) < 4.78 is 32.5. The largest absolute Gasteiger partial charge is 0.492 e. The smallest absolute Gasteiger partial charge is 0.410 e. The molecule has 2 aromatic carbocycles. The Morgan fingerprint density at radius 2 is 1.88 bits per heavy atom. The van der Waals surface area contributed by atoms with Gasteiger partial charge < -0.3 is 43.6 Å². The Balaban J connectivity index is 1.35. The molecule has 0 bridgehead atoms. The second-order valence-electron chi connectivity index (χ2n) is 16.0. The number of aliphatic hydroxyl groups is 2. The van der Waals surface area contributed by atoms with Crippen LogP contribution < -0.4 is 9.47 Å². The molecule has 2 N–H and O–H groups in total. The van der Waals surface area contributed by atoms with Crippen LogP contribution >= 0.6 is 0 Å². The Bertz CT molecular complexity index is 1690. The number of aliphatic hydroxyl groups excluding tert-OH is 2. The summed E-state index contributed by atoms with van der Waals surface area (Å²) in [4.78, 5) is 24.3. The highest BCUT2D eigenvalue weighted by atomic mass is 16.8. The Kier molecular flexibility index (Phi) is 14.2. The monoisotopic (exact) mass is 787 g/mol. The minimum Gasteiger partial charge on any atom is -0.492 e. The van der Waals surface area contributed by atoms with Crippen molar-refractivity contribution in [2.45, 2.75) is 94.9 Å². The number of amides is 1. The average molecular weight is 788 g/mol. The molecule has 3 aliphatic heterocycles. The molecule has 2 saturated heterocycles. The maximum Gasteiger partial charge on any atom is 0.410 e. The summed E-state index contributed by atoms with van der Waals surface area (Å²) in [5.41, 5.74) is 3.62. The van der Waals surface area contributed by atoms with Crippen LogP contribution in [0.5, 0.6) is 11.5 Å². The summed E-state index contributed by atoms with van der Waals surface area (Å²) in [6, 6.07) is 15.0. The van der Waals surface area contributed by atoms with Gasteiger partial charge in [0.2, 0.25) is 12.1 Å². The molecule has 0 aromatic heterocycles. The highest BCUT2D eigenvalue weighted by Crippen LogP contribution is 2.61. The third-order valence-corrected chi connectivity index (χ3v) is 12.2. The van der Waals surface area contributed by atoms with Crippen LogP contribution in [0.1, 0.15) is 81.3 Å². The molecule has 3 fully saturated rings. The molecule has 5 aliphatic rings. The first-order valence-electron chi connectivity index (χ1n) is 21.1. The van der Waals surface area contributed by atoms with Crippen molar-refractivity contribution in [3.8, 4) is 11.5 Å². The van der Waals surface area contributed by atoms with Crippen LogP contribution in [0.25, 0.3) is 0 Å². The van der Waals surface area contributed by atoms with E-state index in [4.69, 9.17) is 33.7 Å². The van der Waals surface area contributed by atoms with Crippen LogP contribution in [0, 0.1) is 17.8 Å². The van der Waals surface area contributed by atoms with Gasteiger partial charge in [-0.2, -0.15) is 0 Å². The average Bonchev–Trinajstić information content (AvgIpc) is 4.07. The van der Waals surface area contributed by atoms with Crippen molar-refractivity contribution in [2.75, 3.05) is 59.7 Å². The van der Waals surface area contributed by atoms with Gasteiger partial charge in [-0.1, -0.05) is 60.5 Å². The van der Waals surface area contributed by atoms with E-state index in [1.54, 1.807) is 18.0 Å². The van der Waals surface area contributed by atoms with E-state index in [0.29, 0.717) is 31.8 Å². The van der Waals surface area contributed by atoms with Crippen molar-refractivity contribution in [3.05, 3.63) is 84.0 Å². The number of carbonyl (C=O) groups is 1. The number of hydrogen-bond acceptors (Lipinski definition) is 11. The van der Waals surface area contributed by atoms with Crippen LogP contribution in [0.2, 0.25) is 0 Å². The highest BCUT2D eigenvalue weighted by Gasteiger charge is 2.65. The minimum atomic E-state index is -1.36. The highest BCUT2D eigenvalue weighted by molar-refractivity contribution is 6.02. The molecule has 1 amide bonds. The fourth-order valence-corrected chi connectivity index (χ4v) is 9.27. The molecular weight excluding hydrogens is 727 g/mol. The third kappa shape index (κ3) is 9.69. The molecule has 57 heavy (non-hydrogen) atoms. The maximum atomic E-state index is 14.1. The summed E-state index contributed by atoms with van der Waals surface area (Å²) in [5.74, 6) is -0.202. The summed E-state index contributed by atoms with van der Waals surface area (Å²) in [7, 11) is 1.74. The molecule has 7 rings (SSSR count). The van der Waals surface area contributed by atoms with Crippen molar-refractivity contribution in [3.63, 3.8) is 0 Å². The number of unbranched alkanes of at least 4 members (excludes halogenated alkanes) is 2. The second kappa shape index (κ2) is 19.7. The van der Waals surface area contributed by atoms with Gasteiger partial charge in [0.05, 0.1) is 24.8 Å². The minimum absolute atomic E-state index is 0.115. The molecule has 12 heteroatoms. The Morgan fingerprint density at radius 1 is 1.07 bits per heavy atom. The maximum absolute atomic E-state index is 14.1. The van der Waals surface area contributed by atoms with Gasteiger partial charge in [-0.05, 0) is 79.7 Å². The lowest BCUT2D eigenvalue weighted by Crippen LogP contribution is -2.69. The summed E-state index contributed by atoms with van der Waals surface area (Å²) in [5, 5.41) is 24.6. The number of fused-ring (bicyclic) bond motifs is 2. The molecule has 3 heterocycles. The zero-order chi connectivity index (χ0) is 39.6. The number of oxime groups is 1. The number of rotatable bonds is 20. The van der Waals surface area contributed by atoms with Crippen LogP contribution in [0.15, 0.2) is 78.0 Å². The molecule has 7 atom stereocenters. The van der Waals surface area contributed by atoms with E-state index in [9.17, 15) is 15.0 Å². The fraction of sp³-hybridized carbons (Fsp3) is 0.600. The lowest BCUT2D eigenvalue weighted by Gasteiger charge is -2.59. The molecule has 1 saturated carbocycles. The lowest BCUT2D eigenvalue weighted by atomic mass is 9.55. The molecular formula is C45H61N3O9. The summed E-state index contributed by atoms with van der Waals surface area (Å²) in [6.45, 7) is 8.86. The topological polar surface area (TPSA) is 132 Å². The van der Waals surface area contributed by atoms with Crippen molar-refractivity contribution >= 4 is 11.8 Å². The first kappa shape index (κ1) is 41.2.